The Hall–Kier alpha value is -7.57. The summed E-state index contributed by atoms with van der Waals surface area (Å²) in [6.07, 6.45) is 3.78. The Morgan fingerprint density at radius 3 is 1.49 bits per heavy atom. The van der Waals surface area contributed by atoms with Crippen LogP contribution in [0.25, 0.3) is 99.0 Å². The molecule has 6 nitrogen and oxygen atoms in total. The maximum absolute atomic E-state index is 6.81. The largest absolute Gasteiger partial charge is 0.457 e. The minimum atomic E-state index is 0.736. The average Bonchev–Trinajstić information content (AvgIpc) is 3.84. The second-order valence-electron chi connectivity index (χ2n) is 15.9. The molecular formula is C53H37N5O. The minimum Gasteiger partial charge on any atom is -0.457 e. The highest BCUT2D eigenvalue weighted by atomic mass is 16.5. The predicted octanol–water partition coefficient (Wildman–Crippen LogP) is 13.7. The van der Waals surface area contributed by atoms with Gasteiger partial charge in [0.1, 0.15) is 22.8 Å². The first-order valence-electron chi connectivity index (χ1n) is 20.1. The number of nitrogens with zero attached hydrogens (tertiary/aromatic N) is 5. The number of fused-ring (bicyclic) bond motifs is 16. The zero-order valence-electron chi connectivity index (χ0n) is 33.1. The highest BCUT2D eigenvalue weighted by Gasteiger charge is 2.22. The van der Waals surface area contributed by atoms with Crippen molar-refractivity contribution in [1.29, 1.82) is 0 Å². The van der Waals surface area contributed by atoms with E-state index >= 15 is 0 Å². The van der Waals surface area contributed by atoms with E-state index in [1.165, 1.54) is 44.5 Å². The third-order valence-corrected chi connectivity index (χ3v) is 12.3. The number of ether oxygens (including phenoxy) is 1. The van der Waals surface area contributed by atoms with Crippen LogP contribution in [0.4, 0.5) is 0 Å². The van der Waals surface area contributed by atoms with E-state index in [9.17, 15) is 0 Å². The molecule has 0 unspecified atom stereocenters. The van der Waals surface area contributed by atoms with Crippen molar-refractivity contribution in [2.24, 2.45) is 0 Å². The smallest absolute Gasteiger partial charge is 0.146 e. The van der Waals surface area contributed by atoms with E-state index in [0.29, 0.717) is 0 Å². The molecular weight excluding hydrogens is 723 g/mol. The van der Waals surface area contributed by atoms with E-state index in [0.717, 1.165) is 88.2 Å². The van der Waals surface area contributed by atoms with Gasteiger partial charge in [0.25, 0.3) is 0 Å². The molecule has 5 heterocycles. The van der Waals surface area contributed by atoms with Gasteiger partial charge in [-0.05, 0) is 162 Å². The van der Waals surface area contributed by atoms with E-state index in [2.05, 4.69) is 175 Å². The topological polar surface area (TPSA) is 56.7 Å². The van der Waals surface area contributed by atoms with Crippen molar-refractivity contribution in [3.63, 3.8) is 0 Å². The normalized spacial score (nSPS) is 12.1. The number of hydrogen-bond donors (Lipinski definition) is 0. The fourth-order valence-electron chi connectivity index (χ4n) is 9.72. The van der Waals surface area contributed by atoms with Crippen LogP contribution >= 0.6 is 0 Å². The molecule has 12 aromatic rings. The zero-order valence-corrected chi connectivity index (χ0v) is 33.1. The quantitative estimate of drug-likeness (QED) is 0.168. The Bertz CT molecular complexity index is 3720. The summed E-state index contributed by atoms with van der Waals surface area (Å²) in [4.78, 5) is 14.9. The van der Waals surface area contributed by atoms with E-state index in [1.807, 2.05) is 18.5 Å². The molecule has 0 amide bonds. The zero-order chi connectivity index (χ0) is 39.5. The third kappa shape index (κ3) is 4.90. The number of hydrogen-bond acceptors (Lipinski definition) is 4. The van der Waals surface area contributed by atoms with Gasteiger partial charge in [0.15, 0.2) is 0 Å². The number of benzene rings is 7. The molecule has 5 aromatic heterocycles. The molecule has 0 fully saturated rings. The molecule has 280 valence electrons. The van der Waals surface area contributed by atoms with Gasteiger partial charge in [-0.3, -0.25) is 13.8 Å². The Morgan fingerprint density at radius 2 is 0.915 bits per heavy atom. The monoisotopic (exact) mass is 759 g/mol. The fraction of sp³-hybridized carbons (Fsp3) is 0.0755. The van der Waals surface area contributed by atoms with Crippen LogP contribution in [0.1, 0.15) is 22.3 Å². The fourth-order valence-corrected chi connectivity index (χ4v) is 9.72. The maximum Gasteiger partial charge on any atom is 0.146 e. The standard InChI is InChI=1S/C53H37N5O/c1-30-11-9-12-31(2)50(30)40-27-39-37-22-20-35(59-34-19-21-36-38-23-24-54-29-49(38)58-47-18-8-6-16-45(47)56-53(58)42(36)25-34)26-43(37)52-55-44-15-5-7-17-46(44)57(52)48(39)28-41(40)51-32(3)13-10-14-33(51)4/h5-29H,1-4H3. The van der Waals surface area contributed by atoms with E-state index in [4.69, 9.17) is 14.7 Å². The van der Waals surface area contributed by atoms with Crippen molar-refractivity contribution in [3.8, 4) is 33.8 Å². The van der Waals surface area contributed by atoms with Crippen LogP contribution in [0, 0.1) is 27.7 Å². The molecule has 0 saturated heterocycles. The van der Waals surface area contributed by atoms with Crippen LogP contribution in [0.3, 0.4) is 0 Å². The summed E-state index contributed by atoms with van der Waals surface area (Å²) in [5.41, 5.74) is 18.0. The molecule has 0 bridgehead atoms. The second-order valence-corrected chi connectivity index (χ2v) is 15.9. The van der Waals surface area contributed by atoms with Gasteiger partial charge in [0, 0.05) is 27.7 Å². The Kier molecular flexibility index (Phi) is 7.09. The Morgan fingerprint density at radius 1 is 0.407 bits per heavy atom. The van der Waals surface area contributed by atoms with Crippen LogP contribution in [0.5, 0.6) is 11.5 Å². The first-order valence-corrected chi connectivity index (χ1v) is 20.1. The maximum atomic E-state index is 6.81. The molecule has 12 rings (SSSR count). The lowest BCUT2D eigenvalue weighted by molar-refractivity contribution is 0.484. The van der Waals surface area contributed by atoms with Crippen LogP contribution < -0.4 is 4.74 Å². The lowest BCUT2D eigenvalue weighted by Gasteiger charge is -2.21. The SMILES string of the molecule is Cc1cccc(C)c1-c1cc2c3ccc(Oc4ccc5c6ccncc6n6c7ccccc7nc6c5c4)cc3c3nc4ccccc4n3c2cc1-c1c(C)cccc1C. The van der Waals surface area contributed by atoms with Crippen LogP contribution in [-0.4, -0.2) is 23.8 Å². The first kappa shape index (κ1) is 33.6. The van der Waals surface area contributed by atoms with Crippen molar-refractivity contribution >= 4 is 76.7 Å². The van der Waals surface area contributed by atoms with Crippen molar-refractivity contribution in [3.05, 3.63) is 174 Å². The van der Waals surface area contributed by atoms with Gasteiger partial charge in [-0.1, -0.05) is 60.7 Å². The van der Waals surface area contributed by atoms with Gasteiger partial charge in [-0.2, -0.15) is 0 Å². The predicted molar refractivity (Wildman–Crippen MR) is 243 cm³/mol. The summed E-state index contributed by atoms with van der Waals surface area (Å²) in [5.74, 6) is 1.47. The summed E-state index contributed by atoms with van der Waals surface area (Å²) in [6.45, 7) is 8.89. The number of para-hydroxylation sites is 4. The summed E-state index contributed by atoms with van der Waals surface area (Å²) in [7, 11) is 0. The van der Waals surface area contributed by atoms with Crippen LogP contribution in [0.15, 0.2) is 152 Å². The lowest BCUT2D eigenvalue weighted by atomic mass is 9.85. The van der Waals surface area contributed by atoms with Crippen molar-refractivity contribution in [1.82, 2.24) is 23.8 Å². The first-order chi connectivity index (χ1) is 28.9. The Balaban J connectivity index is 1.11. The average molecular weight is 760 g/mol. The Labute approximate surface area is 339 Å². The number of pyridine rings is 3. The van der Waals surface area contributed by atoms with E-state index < -0.39 is 0 Å². The van der Waals surface area contributed by atoms with E-state index in [-0.39, 0.29) is 0 Å². The molecule has 0 N–H and O–H groups in total. The van der Waals surface area contributed by atoms with Crippen molar-refractivity contribution in [2.45, 2.75) is 27.7 Å². The minimum absolute atomic E-state index is 0.736. The molecule has 0 atom stereocenters. The molecule has 0 aliphatic carbocycles. The van der Waals surface area contributed by atoms with Gasteiger partial charge in [0.2, 0.25) is 0 Å². The van der Waals surface area contributed by atoms with Crippen molar-refractivity contribution in [2.75, 3.05) is 0 Å². The molecule has 6 heteroatoms. The number of rotatable bonds is 4. The van der Waals surface area contributed by atoms with Gasteiger partial charge in [-0.25, -0.2) is 9.97 Å². The van der Waals surface area contributed by atoms with Gasteiger partial charge in [0.05, 0.1) is 39.3 Å². The molecule has 7 aromatic carbocycles. The van der Waals surface area contributed by atoms with Gasteiger partial charge < -0.3 is 4.74 Å². The third-order valence-electron chi connectivity index (χ3n) is 12.3. The molecule has 59 heavy (non-hydrogen) atoms. The highest BCUT2D eigenvalue weighted by Crippen LogP contribution is 2.45. The summed E-state index contributed by atoms with van der Waals surface area (Å²) < 4.78 is 11.4. The van der Waals surface area contributed by atoms with E-state index in [1.54, 1.807) is 0 Å². The second kappa shape index (κ2) is 12.5. The van der Waals surface area contributed by atoms with Gasteiger partial charge in [-0.15, -0.1) is 0 Å². The van der Waals surface area contributed by atoms with Gasteiger partial charge >= 0.3 is 0 Å². The number of imidazole rings is 2. The highest BCUT2D eigenvalue weighted by molar-refractivity contribution is 6.17. The molecule has 0 radical (unpaired) electrons. The summed E-state index contributed by atoms with van der Waals surface area (Å²) in [6, 6.07) is 49.6. The molecule has 0 aliphatic heterocycles. The number of aryl methyl sites for hydroxylation is 4. The molecule has 0 spiro atoms. The molecule has 0 saturated carbocycles. The summed E-state index contributed by atoms with van der Waals surface area (Å²) in [5, 5.41) is 6.55. The number of aromatic nitrogens is 5. The summed E-state index contributed by atoms with van der Waals surface area (Å²) >= 11 is 0. The lowest BCUT2D eigenvalue weighted by Crippen LogP contribution is -1.98. The molecule has 0 aliphatic rings. The van der Waals surface area contributed by atoms with Crippen LogP contribution in [-0.2, 0) is 0 Å². The van der Waals surface area contributed by atoms with Crippen molar-refractivity contribution < 1.29 is 4.74 Å². The van der Waals surface area contributed by atoms with Crippen LogP contribution in [0.2, 0.25) is 0 Å².